The van der Waals surface area contributed by atoms with Crippen LogP contribution in [-0.2, 0) is 4.79 Å². The Balaban J connectivity index is 2.23. The number of phenolic OH excluding ortho intramolecular Hbond substituents is 1. The van der Waals surface area contributed by atoms with Crippen molar-refractivity contribution in [3.05, 3.63) is 23.8 Å². The molecule has 0 spiro atoms. The predicted octanol–water partition coefficient (Wildman–Crippen LogP) is 4.39. The predicted molar refractivity (Wildman–Crippen MR) is 79.5 cm³/mol. The number of phenols is 1. The maximum absolute atomic E-state index is 11.7. The van der Waals surface area contributed by atoms with Crippen molar-refractivity contribution in [2.75, 3.05) is 5.32 Å². The fourth-order valence-corrected chi connectivity index (χ4v) is 2.03. The molecule has 0 fully saturated rings. The number of aryl methyl sites for hydroxylation is 1. The van der Waals surface area contributed by atoms with Gasteiger partial charge in [0.25, 0.3) is 0 Å². The number of nitrogens with one attached hydrogen (secondary N) is 1. The fourth-order valence-electron chi connectivity index (χ4n) is 2.03. The molecule has 2 N–H and O–H groups in total. The van der Waals surface area contributed by atoms with Gasteiger partial charge in [0.15, 0.2) is 0 Å². The third-order valence-electron chi connectivity index (χ3n) is 3.18. The van der Waals surface area contributed by atoms with E-state index >= 15 is 0 Å². The third kappa shape index (κ3) is 6.27. The van der Waals surface area contributed by atoms with Crippen LogP contribution in [0.1, 0.15) is 57.4 Å². The average molecular weight is 263 g/mol. The molecule has 3 heteroatoms. The number of rotatable bonds is 8. The van der Waals surface area contributed by atoms with Crippen LogP contribution in [0, 0.1) is 6.92 Å². The summed E-state index contributed by atoms with van der Waals surface area (Å²) in [4.78, 5) is 11.7. The number of hydrogen-bond donors (Lipinski definition) is 2. The molecule has 19 heavy (non-hydrogen) atoms. The molecule has 0 aliphatic carbocycles. The van der Waals surface area contributed by atoms with Crippen LogP contribution in [0.3, 0.4) is 0 Å². The molecule has 0 aliphatic rings. The van der Waals surface area contributed by atoms with E-state index in [0.717, 1.165) is 18.4 Å². The van der Waals surface area contributed by atoms with Gasteiger partial charge in [-0.3, -0.25) is 4.79 Å². The van der Waals surface area contributed by atoms with Crippen LogP contribution in [0.15, 0.2) is 18.2 Å². The quantitative estimate of drug-likeness (QED) is 0.540. The number of carbonyl (C=O) groups excluding carboxylic acids is 1. The van der Waals surface area contributed by atoms with Crippen molar-refractivity contribution in [1.29, 1.82) is 0 Å². The zero-order chi connectivity index (χ0) is 14.1. The molecule has 1 amide bonds. The standard InChI is InChI=1S/C16H25NO2/c1-3-4-5-6-7-8-9-16(19)17-14-11-10-13(2)12-15(14)18/h10-12,18H,3-9H2,1-2H3,(H,17,19). The first-order valence-electron chi connectivity index (χ1n) is 7.23. The molecule has 0 heterocycles. The first-order chi connectivity index (χ1) is 9.13. The molecule has 1 rings (SSSR count). The van der Waals surface area contributed by atoms with Gasteiger partial charge in [-0.1, -0.05) is 45.1 Å². The molecule has 0 radical (unpaired) electrons. The minimum atomic E-state index is -0.0188. The summed E-state index contributed by atoms with van der Waals surface area (Å²) in [5.41, 5.74) is 1.48. The van der Waals surface area contributed by atoms with Gasteiger partial charge in [0.2, 0.25) is 5.91 Å². The number of unbranched alkanes of at least 4 members (excludes halogenated alkanes) is 5. The van der Waals surface area contributed by atoms with Crippen LogP contribution in [-0.4, -0.2) is 11.0 Å². The van der Waals surface area contributed by atoms with E-state index in [9.17, 15) is 9.90 Å². The number of anilines is 1. The molecule has 0 atom stereocenters. The van der Waals surface area contributed by atoms with Crippen LogP contribution in [0.25, 0.3) is 0 Å². The van der Waals surface area contributed by atoms with E-state index in [1.165, 1.54) is 25.7 Å². The van der Waals surface area contributed by atoms with Crippen LogP contribution < -0.4 is 5.32 Å². The molecule has 106 valence electrons. The summed E-state index contributed by atoms with van der Waals surface area (Å²) in [6.45, 7) is 4.10. The molecule has 0 aromatic heterocycles. The minimum Gasteiger partial charge on any atom is -0.506 e. The molecule has 0 aliphatic heterocycles. The molecule has 1 aromatic carbocycles. The summed E-state index contributed by atoms with van der Waals surface area (Å²) >= 11 is 0. The van der Waals surface area contributed by atoms with Crippen LogP contribution >= 0.6 is 0 Å². The smallest absolute Gasteiger partial charge is 0.224 e. The van der Waals surface area contributed by atoms with E-state index in [-0.39, 0.29) is 11.7 Å². The molecule has 0 unspecified atom stereocenters. The van der Waals surface area contributed by atoms with Crippen molar-refractivity contribution in [2.24, 2.45) is 0 Å². The summed E-state index contributed by atoms with van der Waals surface area (Å²) in [6.07, 6.45) is 7.54. The second kappa shape index (κ2) is 8.57. The highest BCUT2D eigenvalue weighted by Gasteiger charge is 2.06. The lowest BCUT2D eigenvalue weighted by atomic mass is 10.1. The van der Waals surface area contributed by atoms with Crippen molar-refractivity contribution < 1.29 is 9.90 Å². The van der Waals surface area contributed by atoms with E-state index in [1.54, 1.807) is 12.1 Å². The summed E-state index contributed by atoms with van der Waals surface area (Å²) in [5.74, 6) is 0.117. The number of aromatic hydroxyl groups is 1. The first kappa shape index (κ1) is 15.5. The normalized spacial score (nSPS) is 10.4. The zero-order valence-corrected chi connectivity index (χ0v) is 12.0. The largest absolute Gasteiger partial charge is 0.506 e. The Hall–Kier alpha value is -1.51. The Labute approximate surface area is 116 Å². The highest BCUT2D eigenvalue weighted by molar-refractivity contribution is 5.92. The Morgan fingerprint density at radius 3 is 2.53 bits per heavy atom. The van der Waals surface area contributed by atoms with Gasteiger partial charge in [-0.2, -0.15) is 0 Å². The molecular formula is C16H25NO2. The number of carbonyl (C=O) groups is 1. The highest BCUT2D eigenvalue weighted by atomic mass is 16.3. The van der Waals surface area contributed by atoms with Crippen LogP contribution in [0.5, 0.6) is 5.75 Å². The van der Waals surface area contributed by atoms with Gasteiger partial charge < -0.3 is 10.4 Å². The van der Waals surface area contributed by atoms with E-state index in [2.05, 4.69) is 12.2 Å². The Bertz CT molecular complexity index is 402. The van der Waals surface area contributed by atoms with Gasteiger partial charge in [0.05, 0.1) is 5.69 Å². The monoisotopic (exact) mass is 263 g/mol. The van der Waals surface area contributed by atoms with Crippen LogP contribution in [0.4, 0.5) is 5.69 Å². The van der Waals surface area contributed by atoms with E-state index in [0.29, 0.717) is 12.1 Å². The van der Waals surface area contributed by atoms with Gasteiger partial charge in [0, 0.05) is 6.42 Å². The van der Waals surface area contributed by atoms with Crippen molar-refractivity contribution in [3.63, 3.8) is 0 Å². The van der Waals surface area contributed by atoms with Crippen LogP contribution in [0.2, 0.25) is 0 Å². The van der Waals surface area contributed by atoms with Gasteiger partial charge in [-0.05, 0) is 31.0 Å². The van der Waals surface area contributed by atoms with Gasteiger partial charge >= 0.3 is 0 Å². The topological polar surface area (TPSA) is 49.3 Å². The second-order valence-electron chi connectivity index (χ2n) is 5.09. The van der Waals surface area contributed by atoms with Crippen molar-refractivity contribution in [2.45, 2.75) is 58.8 Å². The van der Waals surface area contributed by atoms with Crippen molar-refractivity contribution >= 4 is 11.6 Å². The summed E-state index contributed by atoms with van der Waals surface area (Å²) in [7, 11) is 0. The van der Waals surface area contributed by atoms with Crippen molar-refractivity contribution in [3.8, 4) is 5.75 Å². The second-order valence-corrected chi connectivity index (χ2v) is 5.09. The fraction of sp³-hybridized carbons (Fsp3) is 0.562. The lowest BCUT2D eigenvalue weighted by Gasteiger charge is -2.08. The van der Waals surface area contributed by atoms with Gasteiger partial charge in [-0.25, -0.2) is 0 Å². The van der Waals surface area contributed by atoms with E-state index in [1.807, 2.05) is 13.0 Å². The first-order valence-corrected chi connectivity index (χ1v) is 7.23. The molecule has 1 aromatic rings. The lowest BCUT2D eigenvalue weighted by molar-refractivity contribution is -0.116. The van der Waals surface area contributed by atoms with E-state index < -0.39 is 0 Å². The molecule has 0 bridgehead atoms. The lowest BCUT2D eigenvalue weighted by Crippen LogP contribution is -2.11. The highest BCUT2D eigenvalue weighted by Crippen LogP contribution is 2.24. The zero-order valence-electron chi connectivity index (χ0n) is 12.0. The number of amides is 1. The van der Waals surface area contributed by atoms with Gasteiger partial charge in [0.1, 0.15) is 5.75 Å². The average Bonchev–Trinajstić information content (AvgIpc) is 2.37. The summed E-state index contributed by atoms with van der Waals surface area (Å²) in [5, 5.41) is 12.4. The maximum atomic E-state index is 11.7. The Kier molecular flexibility index (Phi) is 7.01. The summed E-state index contributed by atoms with van der Waals surface area (Å²) in [6, 6.07) is 5.27. The van der Waals surface area contributed by atoms with Gasteiger partial charge in [-0.15, -0.1) is 0 Å². The Morgan fingerprint density at radius 2 is 1.84 bits per heavy atom. The molecule has 0 saturated carbocycles. The summed E-state index contributed by atoms with van der Waals surface area (Å²) < 4.78 is 0. The Morgan fingerprint density at radius 1 is 1.16 bits per heavy atom. The SMILES string of the molecule is CCCCCCCCC(=O)Nc1ccc(C)cc1O. The minimum absolute atomic E-state index is 0.0188. The van der Waals surface area contributed by atoms with Crippen molar-refractivity contribution in [1.82, 2.24) is 0 Å². The third-order valence-corrected chi connectivity index (χ3v) is 3.18. The van der Waals surface area contributed by atoms with E-state index in [4.69, 9.17) is 0 Å². The molecule has 0 saturated heterocycles. The maximum Gasteiger partial charge on any atom is 0.224 e. The number of hydrogen-bond acceptors (Lipinski definition) is 2. The number of benzene rings is 1. The molecular weight excluding hydrogens is 238 g/mol. The molecule has 3 nitrogen and oxygen atoms in total.